The number of aromatic amines is 1. The fourth-order valence-corrected chi connectivity index (χ4v) is 3.35. The molecule has 3 rings (SSSR count). The molecule has 0 spiro atoms. The van der Waals surface area contributed by atoms with Crippen LogP contribution in [-0.2, 0) is 16.0 Å². The average Bonchev–Trinajstić information content (AvgIpc) is 3.45. The fraction of sp³-hybridized carbons (Fsp3) is 0.722. The van der Waals surface area contributed by atoms with Crippen molar-refractivity contribution in [1.82, 2.24) is 14.9 Å². The van der Waals surface area contributed by atoms with Crippen LogP contribution in [0, 0.1) is 12.8 Å². The van der Waals surface area contributed by atoms with Gasteiger partial charge in [-0.15, -0.1) is 0 Å². The summed E-state index contributed by atoms with van der Waals surface area (Å²) in [7, 11) is 1.86. The fourth-order valence-electron chi connectivity index (χ4n) is 3.35. The maximum Gasteiger partial charge on any atom is 0.255 e. The number of morpholine rings is 1. The number of rotatable bonds is 6. The van der Waals surface area contributed by atoms with Crippen molar-refractivity contribution in [2.24, 2.45) is 5.92 Å². The first-order valence-electron chi connectivity index (χ1n) is 9.15. The molecule has 1 amide bonds. The minimum atomic E-state index is -0.139. The van der Waals surface area contributed by atoms with E-state index < -0.39 is 0 Å². The summed E-state index contributed by atoms with van der Waals surface area (Å²) in [6.07, 6.45) is 3.20. The molecule has 7 heteroatoms. The summed E-state index contributed by atoms with van der Waals surface area (Å²) in [5, 5.41) is 0. The van der Waals surface area contributed by atoms with Gasteiger partial charge in [-0.25, -0.2) is 4.98 Å². The zero-order valence-corrected chi connectivity index (χ0v) is 15.4. The van der Waals surface area contributed by atoms with Gasteiger partial charge in [0.1, 0.15) is 0 Å². The first-order chi connectivity index (χ1) is 12.0. The standard InChI is InChI=1S/C18H28N4O3/c1-12-15(6-7-16(23)21(3)13(2)14-4-5-14)17(24)20-18(19-12)22-8-10-25-11-9-22/h13-14H,4-11H2,1-3H3,(H,19,20,24). The molecule has 0 bridgehead atoms. The molecule has 1 aromatic rings. The highest BCUT2D eigenvalue weighted by Crippen LogP contribution is 2.34. The van der Waals surface area contributed by atoms with Crippen molar-refractivity contribution < 1.29 is 9.53 Å². The highest BCUT2D eigenvalue weighted by atomic mass is 16.5. The minimum absolute atomic E-state index is 0.0930. The molecule has 2 aliphatic rings. The van der Waals surface area contributed by atoms with Crippen molar-refractivity contribution in [3.8, 4) is 0 Å². The van der Waals surface area contributed by atoms with Crippen LogP contribution in [0.5, 0.6) is 0 Å². The van der Waals surface area contributed by atoms with E-state index in [0.717, 1.165) is 13.1 Å². The summed E-state index contributed by atoms with van der Waals surface area (Å²) in [5.41, 5.74) is 1.17. The quantitative estimate of drug-likeness (QED) is 0.833. The summed E-state index contributed by atoms with van der Waals surface area (Å²) in [5.74, 6) is 1.34. The zero-order chi connectivity index (χ0) is 18.0. The number of carbonyl (C=O) groups is 1. The predicted molar refractivity (Wildman–Crippen MR) is 95.9 cm³/mol. The number of carbonyl (C=O) groups excluding carboxylic acids is 1. The Bertz CT molecular complexity index is 677. The monoisotopic (exact) mass is 348 g/mol. The van der Waals surface area contributed by atoms with Gasteiger partial charge >= 0.3 is 0 Å². The molecular formula is C18H28N4O3. The molecule has 7 nitrogen and oxygen atoms in total. The third-order valence-corrected chi connectivity index (χ3v) is 5.42. The maximum atomic E-state index is 12.5. The molecule has 1 atom stereocenters. The summed E-state index contributed by atoms with van der Waals surface area (Å²) in [4.78, 5) is 36.1. The second-order valence-electron chi connectivity index (χ2n) is 7.14. The van der Waals surface area contributed by atoms with Gasteiger partial charge < -0.3 is 14.5 Å². The molecule has 0 aromatic carbocycles. The Morgan fingerprint density at radius 3 is 2.68 bits per heavy atom. The summed E-state index contributed by atoms with van der Waals surface area (Å²) in [6, 6.07) is 0.286. The molecule has 1 saturated heterocycles. The van der Waals surface area contributed by atoms with E-state index in [4.69, 9.17) is 4.74 Å². The van der Waals surface area contributed by atoms with Crippen molar-refractivity contribution in [1.29, 1.82) is 0 Å². The summed E-state index contributed by atoms with van der Waals surface area (Å²) in [6.45, 7) is 6.69. The maximum absolute atomic E-state index is 12.5. The van der Waals surface area contributed by atoms with Crippen LogP contribution in [0.1, 0.15) is 37.4 Å². The van der Waals surface area contributed by atoms with E-state index in [-0.39, 0.29) is 17.5 Å². The number of amides is 1. The Morgan fingerprint density at radius 2 is 2.08 bits per heavy atom. The van der Waals surface area contributed by atoms with Crippen LogP contribution >= 0.6 is 0 Å². The molecule has 1 N–H and O–H groups in total. The largest absolute Gasteiger partial charge is 0.378 e. The van der Waals surface area contributed by atoms with Crippen LogP contribution in [0.25, 0.3) is 0 Å². The first kappa shape index (κ1) is 17.9. The first-order valence-corrected chi connectivity index (χ1v) is 9.15. The number of nitrogens with one attached hydrogen (secondary N) is 1. The van der Waals surface area contributed by atoms with Crippen molar-refractivity contribution in [2.45, 2.75) is 45.6 Å². The van der Waals surface area contributed by atoms with Gasteiger partial charge in [-0.2, -0.15) is 0 Å². The Kier molecular flexibility index (Phi) is 5.42. The molecule has 1 saturated carbocycles. The van der Waals surface area contributed by atoms with Crippen LogP contribution in [0.3, 0.4) is 0 Å². The second-order valence-corrected chi connectivity index (χ2v) is 7.14. The number of aryl methyl sites for hydroxylation is 1. The van der Waals surface area contributed by atoms with Crippen molar-refractivity contribution in [2.75, 3.05) is 38.3 Å². The van der Waals surface area contributed by atoms with E-state index in [2.05, 4.69) is 16.9 Å². The Labute approximate surface area is 148 Å². The van der Waals surface area contributed by atoms with Crippen molar-refractivity contribution >= 4 is 11.9 Å². The molecule has 1 aromatic heterocycles. The van der Waals surface area contributed by atoms with Crippen LogP contribution in [0.15, 0.2) is 4.79 Å². The topological polar surface area (TPSA) is 78.5 Å². The van der Waals surface area contributed by atoms with Crippen LogP contribution in [0.2, 0.25) is 0 Å². The Balaban J connectivity index is 1.64. The molecule has 138 valence electrons. The summed E-state index contributed by atoms with van der Waals surface area (Å²) >= 11 is 0. The van der Waals surface area contributed by atoms with Gasteiger partial charge in [0, 0.05) is 43.9 Å². The second kappa shape index (κ2) is 7.56. The van der Waals surface area contributed by atoms with Crippen LogP contribution in [-0.4, -0.2) is 60.2 Å². The zero-order valence-electron chi connectivity index (χ0n) is 15.4. The number of anilines is 1. The number of nitrogens with zero attached hydrogens (tertiary/aromatic N) is 3. The molecule has 1 unspecified atom stereocenters. The van der Waals surface area contributed by atoms with E-state index in [1.165, 1.54) is 12.8 Å². The molecule has 1 aliphatic heterocycles. The molecule has 1 aliphatic carbocycles. The molecule has 2 heterocycles. The van der Waals surface area contributed by atoms with E-state index in [1.54, 1.807) is 0 Å². The van der Waals surface area contributed by atoms with Gasteiger partial charge in [0.15, 0.2) is 0 Å². The lowest BCUT2D eigenvalue weighted by atomic mass is 10.1. The average molecular weight is 348 g/mol. The molecule has 0 radical (unpaired) electrons. The highest BCUT2D eigenvalue weighted by Gasteiger charge is 2.32. The van der Waals surface area contributed by atoms with E-state index in [9.17, 15) is 9.59 Å². The smallest absolute Gasteiger partial charge is 0.255 e. The summed E-state index contributed by atoms with van der Waals surface area (Å²) < 4.78 is 5.33. The number of hydrogen-bond donors (Lipinski definition) is 1. The van der Waals surface area contributed by atoms with Crippen molar-refractivity contribution in [3.05, 3.63) is 21.6 Å². The number of hydrogen-bond acceptors (Lipinski definition) is 5. The van der Waals surface area contributed by atoms with Gasteiger partial charge in [-0.05, 0) is 39.0 Å². The number of ether oxygens (including phenoxy) is 1. The van der Waals surface area contributed by atoms with Gasteiger partial charge in [-0.3, -0.25) is 14.6 Å². The van der Waals surface area contributed by atoms with E-state index in [1.807, 2.05) is 23.8 Å². The van der Waals surface area contributed by atoms with Gasteiger partial charge in [0.25, 0.3) is 5.56 Å². The number of H-pyrrole nitrogens is 1. The Morgan fingerprint density at radius 1 is 1.40 bits per heavy atom. The van der Waals surface area contributed by atoms with Gasteiger partial charge in [-0.1, -0.05) is 0 Å². The van der Waals surface area contributed by atoms with Gasteiger partial charge in [0.05, 0.1) is 13.2 Å². The SMILES string of the molecule is Cc1nc(N2CCOCC2)[nH]c(=O)c1CCC(=O)N(C)C(C)C1CC1. The predicted octanol–water partition coefficient (Wildman–Crippen LogP) is 1.10. The number of aromatic nitrogens is 2. The lowest BCUT2D eigenvalue weighted by molar-refractivity contribution is -0.132. The van der Waals surface area contributed by atoms with E-state index in [0.29, 0.717) is 49.2 Å². The molecular weight excluding hydrogens is 320 g/mol. The Hall–Kier alpha value is -1.89. The molecule has 25 heavy (non-hydrogen) atoms. The van der Waals surface area contributed by atoms with Crippen LogP contribution in [0.4, 0.5) is 5.95 Å². The van der Waals surface area contributed by atoms with Crippen molar-refractivity contribution in [3.63, 3.8) is 0 Å². The lowest BCUT2D eigenvalue weighted by Gasteiger charge is -2.27. The normalized spacial score (nSPS) is 18.9. The van der Waals surface area contributed by atoms with E-state index >= 15 is 0 Å². The van der Waals surface area contributed by atoms with Crippen LogP contribution < -0.4 is 10.5 Å². The third-order valence-electron chi connectivity index (χ3n) is 5.42. The van der Waals surface area contributed by atoms with Gasteiger partial charge in [0.2, 0.25) is 11.9 Å². The minimum Gasteiger partial charge on any atom is -0.378 e. The third kappa shape index (κ3) is 4.21. The highest BCUT2D eigenvalue weighted by molar-refractivity contribution is 5.76. The lowest BCUT2D eigenvalue weighted by Crippen LogP contribution is -2.39. The molecule has 2 fully saturated rings.